The highest BCUT2D eigenvalue weighted by molar-refractivity contribution is 7.08. The third-order valence-corrected chi connectivity index (χ3v) is 3.87. The van der Waals surface area contributed by atoms with Crippen LogP contribution in [0.2, 0.25) is 0 Å². The van der Waals surface area contributed by atoms with Crippen molar-refractivity contribution in [3.8, 4) is 0 Å². The Morgan fingerprint density at radius 3 is 2.84 bits per heavy atom. The maximum absolute atomic E-state index is 11.6. The van der Waals surface area contributed by atoms with E-state index < -0.39 is 0 Å². The summed E-state index contributed by atoms with van der Waals surface area (Å²) in [4.78, 5) is 23.1. The van der Waals surface area contributed by atoms with E-state index in [2.05, 4.69) is 10.6 Å². The molecule has 0 spiro atoms. The second-order valence-electron chi connectivity index (χ2n) is 4.82. The molecule has 4 N–H and O–H groups in total. The Kier molecular flexibility index (Phi) is 4.93. The summed E-state index contributed by atoms with van der Waals surface area (Å²) in [5.41, 5.74) is 6.52. The quantitative estimate of drug-likeness (QED) is 0.688. The summed E-state index contributed by atoms with van der Waals surface area (Å²) in [5, 5.41) is 9.14. The van der Waals surface area contributed by atoms with E-state index in [1.165, 1.54) is 24.2 Å². The highest BCUT2D eigenvalue weighted by Gasteiger charge is 2.28. The molecule has 1 heterocycles. The Balaban J connectivity index is 1.57. The van der Waals surface area contributed by atoms with Crippen molar-refractivity contribution in [2.75, 3.05) is 13.1 Å². The molecule has 1 atom stereocenters. The first kappa shape index (κ1) is 14.0. The van der Waals surface area contributed by atoms with Gasteiger partial charge in [-0.25, -0.2) is 0 Å². The summed E-state index contributed by atoms with van der Waals surface area (Å²) < 4.78 is 0. The summed E-state index contributed by atoms with van der Waals surface area (Å²) >= 11 is 1.47. The van der Waals surface area contributed by atoms with Gasteiger partial charge < -0.3 is 16.4 Å². The monoisotopic (exact) mass is 281 g/mol. The summed E-state index contributed by atoms with van der Waals surface area (Å²) in [6.45, 7) is 0.876. The molecule has 19 heavy (non-hydrogen) atoms. The summed E-state index contributed by atoms with van der Waals surface area (Å²) in [7, 11) is 0. The van der Waals surface area contributed by atoms with E-state index in [0.29, 0.717) is 24.6 Å². The van der Waals surface area contributed by atoms with Crippen LogP contribution in [0.15, 0.2) is 16.8 Å². The van der Waals surface area contributed by atoms with E-state index >= 15 is 0 Å². The minimum absolute atomic E-state index is 0.0679. The molecule has 6 heteroatoms. The molecule has 1 aromatic heterocycles. The average Bonchev–Trinajstić information content (AvgIpc) is 3.10. The van der Waals surface area contributed by atoms with Crippen LogP contribution in [0.25, 0.3) is 0 Å². The Hall–Kier alpha value is -1.40. The lowest BCUT2D eigenvalue weighted by Crippen LogP contribution is -2.39. The van der Waals surface area contributed by atoms with Gasteiger partial charge in [-0.15, -0.1) is 0 Å². The molecule has 1 aliphatic rings. The average molecular weight is 281 g/mol. The number of nitrogens with two attached hydrogens (primary N) is 1. The number of hydrogen-bond donors (Lipinski definition) is 3. The van der Waals surface area contributed by atoms with E-state index in [0.717, 1.165) is 0 Å². The zero-order valence-electron chi connectivity index (χ0n) is 10.7. The van der Waals surface area contributed by atoms with Gasteiger partial charge in [0.2, 0.25) is 5.91 Å². The maximum atomic E-state index is 11.6. The Morgan fingerprint density at radius 1 is 1.42 bits per heavy atom. The summed E-state index contributed by atoms with van der Waals surface area (Å²) in [5.74, 6) is 0.379. The standard InChI is InChI=1S/C13H19N3O2S/c14-11(9-1-2-9)7-16-12(17)3-5-15-13(18)10-4-6-19-8-10/h4,6,8-9,11H,1-3,5,7,14H2,(H,15,18)(H,16,17). The normalized spacial score (nSPS) is 15.8. The van der Waals surface area contributed by atoms with Gasteiger partial charge in [0.05, 0.1) is 0 Å². The fraction of sp³-hybridized carbons (Fsp3) is 0.538. The lowest BCUT2D eigenvalue weighted by atomic mass is 10.2. The van der Waals surface area contributed by atoms with Crippen molar-refractivity contribution in [2.24, 2.45) is 11.7 Å². The van der Waals surface area contributed by atoms with Crippen LogP contribution in [-0.2, 0) is 4.79 Å². The van der Waals surface area contributed by atoms with Gasteiger partial charge in [-0.1, -0.05) is 0 Å². The molecular formula is C13H19N3O2S. The van der Waals surface area contributed by atoms with Crippen LogP contribution in [0, 0.1) is 5.92 Å². The van der Waals surface area contributed by atoms with Crippen molar-refractivity contribution in [1.82, 2.24) is 10.6 Å². The van der Waals surface area contributed by atoms with Gasteiger partial charge in [0, 0.05) is 36.5 Å². The lowest BCUT2D eigenvalue weighted by molar-refractivity contribution is -0.121. The molecule has 1 saturated carbocycles. The Bertz CT molecular complexity index is 429. The predicted molar refractivity (Wildman–Crippen MR) is 75.0 cm³/mol. The highest BCUT2D eigenvalue weighted by Crippen LogP contribution is 2.31. The van der Waals surface area contributed by atoms with Crippen molar-refractivity contribution in [2.45, 2.75) is 25.3 Å². The third kappa shape index (κ3) is 4.65. The summed E-state index contributed by atoms with van der Waals surface area (Å²) in [6.07, 6.45) is 2.63. The number of hydrogen-bond acceptors (Lipinski definition) is 4. The summed E-state index contributed by atoms with van der Waals surface area (Å²) in [6, 6.07) is 1.83. The molecule has 1 unspecified atom stereocenters. The van der Waals surface area contributed by atoms with Crippen LogP contribution >= 0.6 is 11.3 Å². The van der Waals surface area contributed by atoms with Crippen molar-refractivity contribution in [1.29, 1.82) is 0 Å². The molecule has 0 bridgehead atoms. The van der Waals surface area contributed by atoms with E-state index in [4.69, 9.17) is 5.73 Å². The molecule has 2 rings (SSSR count). The number of carbonyl (C=O) groups is 2. The van der Waals surface area contributed by atoms with Crippen molar-refractivity contribution in [3.05, 3.63) is 22.4 Å². The van der Waals surface area contributed by atoms with E-state index in [9.17, 15) is 9.59 Å². The minimum Gasteiger partial charge on any atom is -0.354 e. The number of rotatable bonds is 7. The highest BCUT2D eigenvalue weighted by atomic mass is 32.1. The second kappa shape index (κ2) is 6.68. The molecule has 0 saturated heterocycles. The Morgan fingerprint density at radius 2 is 2.21 bits per heavy atom. The van der Waals surface area contributed by atoms with Gasteiger partial charge in [0.1, 0.15) is 0 Å². The van der Waals surface area contributed by atoms with Gasteiger partial charge >= 0.3 is 0 Å². The van der Waals surface area contributed by atoms with Crippen LogP contribution in [0.4, 0.5) is 0 Å². The number of carbonyl (C=O) groups excluding carboxylic acids is 2. The van der Waals surface area contributed by atoms with E-state index in [-0.39, 0.29) is 24.3 Å². The predicted octanol–water partition coefficient (Wildman–Crippen LogP) is 0.721. The zero-order valence-corrected chi connectivity index (χ0v) is 11.5. The van der Waals surface area contributed by atoms with Gasteiger partial charge in [-0.3, -0.25) is 9.59 Å². The maximum Gasteiger partial charge on any atom is 0.252 e. The molecule has 1 aromatic rings. The fourth-order valence-corrected chi connectivity index (χ4v) is 2.43. The Labute approximate surface area is 116 Å². The SMILES string of the molecule is NC(CNC(=O)CCNC(=O)c1ccsc1)C1CC1. The van der Waals surface area contributed by atoms with Gasteiger partial charge in [0.25, 0.3) is 5.91 Å². The van der Waals surface area contributed by atoms with Gasteiger partial charge in [-0.2, -0.15) is 11.3 Å². The first-order chi connectivity index (χ1) is 9.16. The minimum atomic E-state index is -0.135. The van der Waals surface area contributed by atoms with Crippen LogP contribution in [-0.4, -0.2) is 30.9 Å². The van der Waals surface area contributed by atoms with Crippen LogP contribution in [0.3, 0.4) is 0 Å². The molecule has 0 aromatic carbocycles. The molecule has 2 amide bonds. The number of nitrogens with one attached hydrogen (secondary N) is 2. The van der Waals surface area contributed by atoms with E-state index in [1.807, 2.05) is 5.38 Å². The lowest BCUT2D eigenvalue weighted by Gasteiger charge is -2.11. The molecule has 1 fully saturated rings. The number of thiophene rings is 1. The van der Waals surface area contributed by atoms with Gasteiger partial charge in [-0.05, 0) is 30.2 Å². The van der Waals surface area contributed by atoms with Crippen molar-refractivity contribution in [3.63, 3.8) is 0 Å². The van der Waals surface area contributed by atoms with E-state index in [1.54, 1.807) is 11.4 Å². The first-order valence-electron chi connectivity index (χ1n) is 6.49. The van der Waals surface area contributed by atoms with Gasteiger partial charge in [0.15, 0.2) is 0 Å². The largest absolute Gasteiger partial charge is 0.354 e. The molecule has 0 radical (unpaired) electrons. The van der Waals surface area contributed by atoms with Crippen LogP contribution in [0.1, 0.15) is 29.6 Å². The molecule has 0 aliphatic heterocycles. The first-order valence-corrected chi connectivity index (χ1v) is 7.44. The molecule has 1 aliphatic carbocycles. The van der Waals surface area contributed by atoms with Crippen molar-refractivity contribution >= 4 is 23.2 Å². The molecule has 104 valence electrons. The fourth-order valence-electron chi connectivity index (χ4n) is 1.80. The van der Waals surface area contributed by atoms with Crippen molar-refractivity contribution < 1.29 is 9.59 Å². The second-order valence-corrected chi connectivity index (χ2v) is 5.60. The third-order valence-electron chi connectivity index (χ3n) is 3.18. The molecular weight excluding hydrogens is 262 g/mol. The topological polar surface area (TPSA) is 84.2 Å². The smallest absolute Gasteiger partial charge is 0.252 e. The molecule has 5 nitrogen and oxygen atoms in total. The van der Waals surface area contributed by atoms with Crippen LogP contribution < -0.4 is 16.4 Å². The van der Waals surface area contributed by atoms with Crippen LogP contribution in [0.5, 0.6) is 0 Å². The zero-order chi connectivity index (χ0) is 13.7. The number of amides is 2.